The van der Waals surface area contributed by atoms with Gasteiger partial charge >= 0.3 is 0 Å². The predicted molar refractivity (Wildman–Crippen MR) is 139 cm³/mol. The largest absolute Gasteiger partial charge is 0.399 e. The Balaban J connectivity index is 1.61. The van der Waals surface area contributed by atoms with Crippen LogP contribution >= 0.6 is 22.9 Å². The van der Waals surface area contributed by atoms with Crippen LogP contribution in [0, 0.1) is 5.92 Å². The van der Waals surface area contributed by atoms with Gasteiger partial charge in [-0.25, -0.2) is 13.4 Å². The number of carbonyl (C=O) groups is 3. The third-order valence-corrected chi connectivity index (χ3v) is 9.43. The van der Waals surface area contributed by atoms with Gasteiger partial charge in [0, 0.05) is 16.3 Å². The lowest BCUT2D eigenvalue weighted by molar-refractivity contribution is -0.135. The van der Waals surface area contributed by atoms with Crippen molar-refractivity contribution in [3.05, 3.63) is 101 Å². The molecule has 1 aliphatic rings. The van der Waals surface area contributed by atoms with Gasteiger partial charge in [0.2, 0.25) is 15.6 Å². The Bertz CT molecular complexity index is 1640. The number of carbonyl (C=O) groups excluding carboxylic acids is 3. The molecule has 2 atom stereocenters. The lowest BCUT2D eigenvalue weighted by Gasteiger charge is -2.25. The maximum Gasteiger partial charge on any atom is 0.297 e. The molecule has 2 unspecified atom stereocenters. The summed E-state index contributed by atoms with van der Waals surface area (Å²) in [6.07, 6.45) is 1.14. The van der Waals surface area contributed by atoms with E-state index >= 15 is 0 Å². The van der Waals surface area contributed by atoms with Crippen LogP contribution in [-0.2, 0) is 19.4 Å². The van der Waals surface area contributed by atoms with Gasteiger partial charge in [-0.15, -0.1) is 0 Å². The SMILES string of the molecule is Nc1ccc(C(=O)C2C(=O)C(=O)N(c3ncc(S(=O)(=O)c4ccccc4)s3)C2c2cccc(Cl)c2)cc1. The topological polar surface area (TPSA) is 128 Å². The summed E-state index contributed by atoms with van der Waals surface area (Å²) in [4.78, 5) is 45.4. The molecule has 2 heterocycles. The van der Waals surface area contributed by atoms with Crippen LogP contribution in [0.25, 0.3) is 0 Å². The summed E-state index contributed by atoms with van der Waals surface area (Å²) in [6.45, 7) is 0. The van der Waals surface area contributed by atoms with E-state index in [9.17, 15) is 22.8 Å². The summed E-state index contributed by atoms with van der Waals surface area (Å²) in [5.41, 5.74) is 6.81. The molecule has 11 heteroatoms. The minimum atomic E-state index is -3.91. The molecule has 2 N–H and O–H groups in total. The van der Waals surface area contributed by atoms with E-state index in [1.165, 1.54) is 36.4 Å². The number of nitrogens with zero attached hydrogens (tertiary/aromatic N) is 2. The smallest absolute Gasteiger partial charge is 0.297 e. The number of amides is 1. The van der Waals surface area contributed by atoms with Crippen molar-refractivity contribution < 1.29 is 22.8 Å². The average Bonchev–Trinajstić information content (AvgIpc) is 3.48. The number of hydrogen-bond acceptors (Lipinski definition) is 8. The summed E-state index contributed by atoms with van der Waals surface area (Å²) >= 11 is 6.95. The zero-order chi connectivity index (χ0) is 26.3. The van der Waals surface area contributed by atoms with Gasteiger partial charge in [0.15, 0.2) is 10.9 Å². The molecule has 1 fully saturated rings. The number of rotatable bonds is 6. The van der Waals surface area contributed by atoms with Gasteiger partial charge in [-0.1, -0.05) is 53.3 Å². The molecule has 5 rings (SSSR count). The van der Waals surface area contributed by atoms with Crippen LogP contribution in [0.2, 0.25) is 5.02 Å². The van der Waals surface area contributed by atoms with Crippen LogP contribution < -0.4 is 10.6 Å². The molecule has 1 aliphatic heterocycles. The fourth-order valence-corrected chi connectivity index (χ4v) is 6.97. The van der Waals surface area contributed by atoms with Crippen molar-refractivity contribution >= 4 is 61.1 Å². The highest BCUT2D eigenvalue weighted by molar-refractivity contribution is 7.93. The molecule has 1 saturated heterocycles. The van der Waals surface area contributed by atoms with Crippen molar-refractivity contribution in [2.45, 2.75) is 15.1 Å². The number of Topliss-reactive ketones (excluding diaryl/α,β-unsaturated/α-hetero) is 2. The Morgan fingerprint density at radius 2 is 1.68 bits per heavy atom. The van der Waals surface area contributed by atoms with Crippen LogP contribution in [0.15, 0.2) is 94.2 Å². The molecule has 0 spiro atoms. The van der Waals surface area contributed by atoms with Crippen molar-refractivity contribution in [2.24, 2.45) is 5.92 Å². The van der Waals surface area contributed by atoms with Crippen LogP contribution in [-0.4, -0.2) is 30.9 Å². The molecule has 0 bridgehead atoms. The standard InChI is InChI=1S/C26H18ClN3O5S2/c27-17-6-4-5-16(13-17)22-21(23(31)15-9-11-18(28)12-10-15)24(32)25(33)30(22)26-29-14-20(36-26)37(34,35)19-7-2-1-3-8-19/h1-14,21-22H,28H2. The van der Waals surface area contributed by atoms with E-state index in [1.807, 2.05) is 0 Å². The summed E-state index contributed by atoms with van der Waals surface area (Å²) in [7, 11) is -3.91. The minimum absolute atomic E-state index is 0.0227. The fourth-order valence-electron chi connectivity index (χ4n) is 4.20. The molecule has 0 aliphatic carbocycles. The van der Waals surface area contributed by atoms with E-state index in [0.29, 0.717) is 16.3 Å². The zero-order valence-corrected chi connectivity index (χ0v) is 21.3. The van der Waals surface area contributed by atoms with Crippen molar-refractivity contribution in [3.8, 4) is 0 Å². The fraction of sp³-hybridized carbons (Fsp3) is 0.0769. The molecule has 4 aromatic rings. The summed E-state index contributed by atoms with van der Waals surface area (Å²) in [5, 5.41) is 0.319. The summed E-state index contributed by atoms with van der Waals surface area (Å²) in [5.74, 6) is -3.85. The van der Waals surface area contributed by atoms with Gasteiger partial charge in [-0.05, 0) is 54.1 Å². The van der Waals surface area contributed by atoms with Crippen molar-refractivity contribution in [1.82, 2.24) is 4.98 Å². The number of nitrogens with two attached hydrogens (primary N) is 1. The van der Waals surface area contributed by atoms with Crippen LogP contribution in [0.3, 0.4) is 0 Å². The Morgan fingerprint density at radius 3 is 2.35 bits per heavy atom. The minimum Gasteiger partial charge on any atom is -0.399 e. The lowest BCUT2D eigenvalue weighted by atomic mass is 9.86. The number of hydrogen-bond donors (Lipinski definition) is 1. The lowest BCUT2D eigenvalue weighted by Crippen LogP contribution is -2.30. The van der Waals surface area contributed by atoms with Gasteiger partial charge in [-0.3, -0.25) is 19.3 Å². The molecule has 37 heavy (non-hydrogen) atoms. The second-order valence-electron chi connectivity index (χ2n) is 8.28. The number of nitrogen functional groups attached to an aromatic ring is 1. The highest BCUT2D eigenvalue weighted by atomic mass is 35.5. The van der Waals surface area contributed by atoms with Gasteiger partial charge in [0.25, 0.3) is 5.91 Å². The number of sulfone groups is 1. The normalized spacial score (nSPS) is 17.8. The maximum atomic E-state index is 13.5. The first kappa shape index (κ1) is 24.8. The highest BCUT2D eigenvalue weighted by Gasteiger charge is 2.53. The molecule has 0 radical (unpaired) electrons. The van der Waals surface area contributed by atoms with Crippen LogP contribution in [0.1, 0.15) is 22.0 Å². The molecule has 1 amide bonds. The number of ketones is 2. The number of halogens is 1. The zero-order valence-electron chi connectivity index (χ0n) is 18.9. The number of benzene rings is 3. The Morgan fingerprint density at radius 1 is 0.973 bits per heavy atom. The average molecular weight is 552 g/mol. The number of thiazole rings is 1. The Hall–Kier alpha value is -3.86. The number of anilines is 2. The van der Waals surface area contributed by atoms with Gasteiger partial charge < -0.3 is 5.73 Å². The molecule has 186 valence electrons. The first-order valence-corrected chi connectivity index (χ1v) is 13.6. The second kappa shape index (κ2) is 9.55. The third-order valence-electron chi connectivity index (χ3n) is 5.97. The molecular weight excluding hydrogens is 534 g/mol. The molecular formula is C26H18ClN3O5S2. The monoisotopic (exact) mass is 551 g/mol. The molecule has 1 aromatic heterocycles. The van der Waals surface area contributed by atoms with Gasteiger partial charge in [0.1, 0.15) is 10.1 Å². The van der Waals surface area contributed by atoms with E-state index in [0.717, 1.165) is 22.4 Å². The maximum absolute atomic E-state index is 13.5. The van der Waals surface area contributed by atoms with Crippen molar-refractivity contribution in [2.75, 3.05) is 10.6 Å². The predicted octanol–water partition coefficient (Wildman–Crippen LogP) is 4.37. The van der Waals surface area contributed by atoms with Crippen LogP contribution in [0.4, 0.5) is 10.8 Å². The molecule has 3 aromatic carbocycles. The molecule has 8 nitrogen and oxygen atoms in total. The van der Waals surface area contributed by atoms with E-state index in [-0.39, 0.29) is 19.8 Å². The Labute approximate surface area is 221 Å². The van der Waals surface area contributed by atoms with E-state index in [4.69, 9.17) is 17.3 Å². The van der Waals surface area contributed by atoms with E-state index < -0.39 is 39.3 Å². The summed E-state index contributed by atoms with van der Waals surface area (Å²) in [6, 6.07) is 19.2. The first-order valence-electron chi connectivity index (χ1n) is 11.0. The first-order chi connectivity index (χ1) is 17.7. The third kappa shape index (κ3) is 4.43. The van der Waals surface area contributed by atoms with E-state index in [1.54, 1.807) is 42.5 Å². The van der Waals surface area contributed by atoms with E-state index in [2.05, 4.69) is 4.98 Å². The quantitative estimate of drug-likeness (QED) is 0.163. The Kier molecular flexibility index (Phi) is 6.40. The van der Waals surface area contributed by atoms with Crippen LogP contribution in [0.5, 0.6) is 0 Å². The highest BCUT2D eigenvalue weighted by Crippen LogP contribution is 2.44. The molecule has 0 saturated carbocycles. The number of aromatic nitrogens is 1. The summed E-state index contributed by atoms with van der Waals surface area (Å²) < 4.78 is 26.1. The second-order valence-corrected chi connectivity index (χ2v) is 11.9. The van der Waals surface area contributed by atoms with Crippen molar-refractivity contribution in [1.29, 1.82) is 0 Å². The van der Waals surface area contributed by atoms with Gasteiger partial charge in [-0.2, -0.15) is 0 Å². The van der Waals surface area contributed by atoms with Crippen molar-refractivity contribution in [3.63, 3.8) is 0 Å². The van der Waals surface area contributed by atoms with Gasteiger partial charge in [0.05, 0.1) is 17.1 Å².